The Morgan fingerprint density at radius 1 is 1.13 bits per heavy atom. The van der Waals surface area contributed by atoms with Gasteiger partial charge < -0.3 is 0 Å². The summed E-state index contributed by atoms with van der Waals surface area (Å²) < 4.78 is 0. The molecule has 0 aromatic heterocycles. The Bertz CT molecular complexity index is 260. The van der Waals surface area contributed by atoms with E-state index in [-0.39, 0.29) is 0 Å². The molecule has 2 saturated carbocycles. The maximum Gasteiger partial charge on any atom is 0.0213 e. The van der Waals surface area contributed by atoms with Crippen LogP contribution in [0.2, 0.25) is 0 Å². The summed E-state index contributed by atoms with van der Waals surface area (Å²) in [5.41, 5.74) is 0.739. The zero-order valence-electron chi connectivity index (χ0n) is 10.5. The highest BCUT2D eigenvalue weighted by atomic mass is 14.5. The summed E-state index contributed by atoms with van der Waals surface area (Å²) in [4.78, 5) is 0. The molecular weight excluding hydrogens is 180 g/mol. The third-order valence-electron chi connectivity index (χ3n) is 4.27. The quantitative estimate of drug-likeness (QED) is 0.517. The van der Waals surface area contributed by atoms with E-state index in [0.717, 1.165) is 17.3 Å². The smallest absolute Gasteiger partial charge is 0.0213 e. The highest BCUT2D eigenvalue weighted by Crippen LogP contribution is 2.55. The van der Waals surface area contributed by atoms with Crippen LogP contribution in [-0.2, 0) is 0 Å². The fourth-order valence-corrected chi connectivity index (χ4v) is 3.15. The molecule has 2 aliphatic rings. The van der Waals surface area contributed by atoms with Gasteiger partial charge in [0.25, 0.3) is 0 Å². The van der Waals surface area contributed by atoms with E-state index in [1.165, 1.54) is 38.5 Å². The zero-order chi connectivity index (χ0) is 10.9. The molecule has 2 aliphatic carbocycles. The lowest BCUT2D eigenvalue weighted by molar-refractivity contribution is 0.0275. The summed E-state index contributed by atoms with van der Waals surface area (Å²) in [6.45, 7) is 6.77. The Labute approximate surface area is 94.8 Å². The normalized spacial score (nSPS) is 39.7. The molecule has 0 aromatic carbocycles. The van der Waals surface area contributed by atoms with Gasteiger partial charge in [-0.25, -0.2) is 0 Å². The molecule has 0 amide bonds. The van der Waals surface area contributed by atoms with Gasteiger partial charge in [0.05, 0.1) is 0 Å². The first-order valence-corrected chi connectivity index (χ1v) is 6.61. The minimum Gasteiger partial charge on any atom is -0.100 e. The Hall–Kier alpha value is -0.440. The van der Waals surface area contributed by atoms with Crippen molar-refractivity contribution in [2.75, 3.05) is 0 Å². The van der Waals surface area contributed by atoms with E-state index in [9.17, 15) is 0 Å². The van der Waals surface area contributed by atoms with E-state index in [1.807, 2.05) is 0 Å². The van der Waals surface area contributed by atoms with Gasteiger partial charge in [0.15, 0.2) is 0 Å². The second kappa shape index (κ2) is 4.20. The number of rotatable bonds is 0. The molecule has 2 rings (SSSR count). The molecule has 0 radical (unpaired) electrons. The average Bonchev–Trinajstić information content (AvgIpc) is 2.14. The minimum atomic E-state index is 0.549. The molecule has 0 nitrogen and oxygen atoms in total. The lowest BCUT2D eigenvalue weighted by atomic mass is 9.55. The summed E-state index contributed by atoms with van der Waals surface area (Å²) in [6.07, 6.45) is 8.69. The first-order valence-electron chi connectivity index (χ1n) is 6.61. The minimum absolute atomic E-state index is 0.549. The van der Waals surface area contributed by atoms with Crippen LogP contribution in [0.4, 0.5) is 0 Å². The second-order valence-electron chi connectivity index (χ2n) is 6.23. The Kier molecular flexibility index (Phi) is 3.10. The number of hydrogen-bond acceptors (Lipinski definition) is 0. The fourth-order valence-electron chi connectivity index (χ4n) is 3.15. The summed E-state index contributed by atoms with van der Waals surface area (Å²) in [5, 5.41) is 0. The summed E-state index contributed by atoms with van der Waals surface area (Å²) in [5.74, 6) is 9.05. The van der Waals surface area contributed by atoms with Gasteiger partial charge in [-0.1, -0.05) is 39.5 Å². The van der Waals surface area contributed by atoms with Gasteiger partial charge in [0, 0.05) is 11.8 Å². The van der Waals surface area contributed by atoms with E-state index in [0.29, 0.717) is 5.92 Å². The van der Waals surface area contributed by atoms with Crippen LogP contribution in [0.3, 0.4) is 0 Å². The lowest BCUT2D eigenvalue weighted by Gasteiger charge is -2.50. The van der Waals surface area contributed by atoms with Crippen molar-refractivity contribution in [1.29, 1.82) is 0 Å². The maximum absolute atomic E-state index is 3.45. The van der Waals surface area contributed by atoms with Crippen LogP contribution in [0.25, 0.3) is 0 Å². The predicted octanol–water partition coefficient (Wildman–Crippen LogP) is 4.25. The van der Waals surface area contributed by atoms with Crippen molar-refractivity contribution in [3.63, 3.8) is 0 Å². The van der Waals surface area contributed by atoms with E-state index in [4.69, 9.17) is 0 Å². The number of hydrogen-bond donors (Lipinski definition) is 0. The average molecular weight is 204 g/mol. The molecule has 0 bridgehead atoms. The van der Waals surface area contributed by atoms with Gasteiger partial charge in [0.1, 0.15) is 0 Å². The zero-order valence-corrected chi connectivity index (χ0v) is 10.5. The van der Waals surface area contributed by atoms with Crippen LogP contribution in [0.1, 0.15) is 59.3 Å². The molecule has 0 heteroatoms. The molecule has 0 atom stereocenters. The van der Waals surface area contributed by atoms with Crippen molar-refractivity contribution in [3.8, 4) is 11.8 Å². The van der Waals surface area contributed by atoms with Crippen LogP contribution in [0.15, 0.2) is 0 Å². The summed E-state index contributed by atoms with van der Waals surface area (Å²) in [7, 11) is 0. The van der Waals surface area contributed by atoms with Crippen LogP contribution < -0.4 is 0 Å². The van der Waals surface area contributed by atoms with Crippen molar-refractivity contribution >= 4 is 0 Å². The van der Waals surface area contributed by atoms with Crippen LogP contribution >= 0.6 is 0 Å². The van der Waals surface area contributed by atoms with Gasteiger partial charge in [-0.05, 0) is 37.0 Å². The van der Waals surface area contributed by atoms with Crippen molar-refractivity contribution in [1.82, 2.24) is 0 Å². The van der Waals surface area contributed by atoms with Crippen molar-refractivity contribution in [2.24, 2.45) is 23.2 Å². The van der Waals surface area contributed by atoms with Crippen molar-refractivity contribution in [3.05, 3.63) is 0 Å². The molecule has 0 saturated heterocycles. The van der Waals surface area contributed by atoms with Gasteiger partial charge in [0.2, 0.25) is 0 Å². The molecule has 0 aliphatic heterocycles. The predicted molar refractivity (Wildman–Crippen MR) is 65.4 cm³/mol. The van der Waals surface area contributed by atoms with Crippen LogP contribution in [-0.4, -0.2) is 0 Å². The van der Waals surface area contributed by atoms with E-state index in [1.54, 1.807) is 0 Å². The first-order chi connectivity index (χ1) is 7.10. The fraction of sp³-hybridized carbons (Fsp3) is 0.867. The molecule has 0 heterocycles. The van der Waals surface area contributed by atoms with Gasteiger partial charge in [-0.3, -0.25) is 0 Å². The molecule has 2 fully saturated rings. The van der Waals surface area contributed by atoms with E-state index in [2.05, 4.69) is 32.6 Å². The maximum atomic E-state index is 3.45. The van der Waals surface area contributed by atoms with Crippen molar-refractivity contribution in [2.45, 2.75) is 59.3 Å². The Balaban J connectivity index is 1.80. The third-order valence-corrected chi connectivity index (χ3v) is 4.27. The van der Waals surface area contributed by atoms with E-state index >= 15 is 0 Å². The van der Waals surface area contributed by atoms with Gasteiger partial charge in [-0.15, -0.1) is 5.92 Å². The first kappa shape index (κ1) is 11.1. The molecule has 0 unspecified atom stereocenters. The van der Waals surface area contributed by atoms with Crippen molar-refractivity contribution < 1.29 is 0 Å². The lowest BCUT2D eigenvalue weighted by Crippen LogP contribution is -2.39. The molecule has 0 aromatic rings. The standard InChI is InChI=1S/C15H24/c1-12(2)4-5-14-10-15(11-14)8-6-13(3)7-9-15/h12-14H,6-11H2,1-3H3. The second-order valence-corrected chi connectivity index (χ2v) is 6.23. The largest absolute Gasteiger partial charge is 0.100 e. The molecule has 84 valence electrons. The van der Waals surface area contributed by atoms with Crippen LogP contribution in [0, 0.1) is 35.0 Å². The molecule has 1 spiro atoms. The van der Waals surface area contributed by atoms with Crippen LogP contribution in [0.5, 0.6) is 0 Å². The SMILES string of the molecule is CC(C)C#CC1CC2(CCC(C)CC2)C1. The third kappa shape index (κ3) is 2.57. The highest BCUT2D eigenvalue weighted by molar-refractivity contribution is 5.13. The Morgan fingerprint density at radius 3 is 2.27 bits per heavy atom. The van der Waals surface area contributed by atoms with Gasteiger partial charge >= 0.3 is 0 Å². The highest BCUT2D eigenvalue weighted by Gasteiger charge is 2.44. The van der Waals surface area contributed by atoms with E-state index < -0.39 is 0 Å². The molecule has 0 N–H and O–H groups in total. The monoisotopic (exact) mass is 204 g/mol. The topological polar surface area (TPSA) is 0 Å². The Morgan fingerprint density at radius 2 is 1.73 bits per heavy atom. The van der Waals surface area contributed by atoms with Gasteiger partial charge in [-0.2, -0.15) is 0 Å². The summed E-state index contributed by atoms with van der Waals surface area (Å²) >= 11 is 0. The molecule has 15 heavy (non-hydrogen) atoms. The summed E-state index contributed by atoms with van der Waals surface area (Å²) in [6, 6.07) is 0. The molecular formula is C15H24.